The van der Waals surface area contributed by atoms with Crippen molar-refractivity contribution in [3.05, 3.63) is 0 Å². The summed E-state index contributed by atoms with van der Waals surface area (Å²) in [6.07, 6.45) is 0.0371. The van der Waals surface area contributed by atoms with Crippen molar-refractivity contribution in [1.29, 1.82) is 0 Å². The number of ether oxygens (including phenoxy) is 6. The minimum absolute atomic E-state index is 0.0937. The number of esters is 5. The molecular formula is C42H58O16. The second-order valence-corrected chi connectivity index (χ2v) is 18.0. The second-order valence-electron chi connectivity index (χ2n) is 18.0. The highest BCUT2D eigenvalue weighted by Gasteiger charge is 2.74. The molecule has 6 saturated carbocycles. The number of rotatable bonds is 16. The lowest BCUT2D eigenvalue weighted by Crippen LogP contribution is -2.54. The van der Waals surface area contributed by atoms with Gasteiger partial charge in [-0.2, -0.15) is 0 Å². The van der Waals surface area contributed by atoms with E-state index in [9.17, 15) is 48.9 Å². The van der Waals surface area contributed by atoms with Gasteiger partial charge in [0.25, 0.3) is 0 Å². The molecule has 1 saturated heterocycles. The third kappa shape index (κ3) is 6.82. The minimum atomic E-state index is -1.29. The number of hydrogen-bond acceptors (Lipinski definition) is 14. The van der Waals surface area contributed by atoms with Crippen molar-refractivity contribution < 1.29 is 77.3 Å². The maximum Gasteiger partial charge on any atom is 0.317 e. The van der Waals surface area contributed by atoms with Crippen LogP contribution < -0.4 is 0 Å². The van der Waals surface area contributed by atoms with Crippen molar-refractivity contribution in [1.82, 2.24) is 0 Å². The van der Waals surface area contributed by atoms with Crippen LogP contribution >= 0.6 is 0 Å². The lowest BCUT2D eigenvalue weighted by atomic mass is 9.51. The van der Waals surface area contributed by atoms with E-state index in [1.165, 1.54) is 0 Å². The van der Waals surface area contributed by atoms with Gasteiger partial charge in [-0.3, -0.25) is 33.6 Å². The Morgan fingerprint density at radius 2 is 1.17 bits per heavy atom. The van der Waals surface area contributed by atoms with Crippen LogP contribution in [0.5, 0.6) is 0 Å². The molecule has 7 rings (SSSR count). The fraction of sp³-hybridized carbons (Fsp3) is 0.833. The number of aliphatic carboxylic acids is 2. The zero-order valence-electron chi connectivity index (χ0n) is 33.9. The molecule has 1 aliphatic heterocycles. The fourth-order valence-corrected chi connectivity index (χ4v) is 14.5. The maximum absolute atomic E-state index is 14.3. The Kier molecular flexibility index (Phi) is 12.0. The number of carboxylic acid groups (broad SMARTS) is 2. The molecule has 0 aromatic carbocycles. The molecule has 3 N–H and O–H groups in total. The molecule has 16 heteroatoms. The fourth-order valence-electron chi connectivity index (χ4n) is 14.5. The van der Waals surface area contributed by atoms with E-state index in [-0.39, 0.29) is 61.1 Å². The van der Waals surface area contributed by atoms with Crippen LogP contribution in [0, 0.1) is 112 Å². The van der Waals surface area contributed by atoms with Crippen LogP contribution in [-0.2, 0) is 62.0 Å². The lowest BCUT2D eigenvalue weighted by Gasteiger charge is -2.52. The highest BCUT2D eigenvalue weighted by atomic mass is 16.7. The molecule has 58 heavy (non-hydrogen) atoms. The summed E-state index contributed by atoms with van der Waals surface area (Å²) in [5.41, 5.74) is 0. The van der Waals surface area contributed by atoms with Crippen LogP contribution in [0.2, 0.25) is 0 Å². The molecule has 0 aromatic heterocycles. The van der Waals surface area contributed by atoms with Gasteiger partial charge >= 0.3 is 41.8 Å². The van der Waals surface area contributed by atoms with Gasteiger partial charge in [0.1, 0.15) is 6.61 Å². The van der Waals surface area contributed by atoms with Crippen LogP contribution in [0.3, 0.4) is 0 Å². The Morgan fingerprint density at radius 1 is 0.655 bits per heavy atom. The molecule has 21 unspecified atom stereocenters. The number of aliphatic hydroxyl groups is 1. The van der Waals surface area contributed by atoms with E-state index in [2.05, 4.69) is 6.92 Å². The molecule has 0 spiro atoms. The van der Waals surface area contributed by atoms with Gasteiger partial charge in [-0.1, -0.05) is 13.8 Å². The summed E-state index contributed by atoms with van der Waals surface area (Å²) in [5.74, 6) is -17.2. The van der Waals surface area contributed by atoms with Crippen LogP contribution in [0.1, 0.15) is 67.2 Å². The Bertz CT molecular complexity index is 1660. The lowest BCUT2D eigenvalue weighted by molar-refractivity contribution is -0.197. The number of aliphatic hydroxyl groups excluding tert-OH is 1. The summed E-state index contributed by atoms with van der Waals surface area (Å²) < 4.78 is 33.3. The number of hydrogen-bond donors (Lipinski definition) is 3. The number of carboxylic acids is 2. The first kappa shape index (κ1) is 42.5. The Balaban J connectivity index is 1.32. The van der Waals surface area contributed by atoms with Crippen molar-refractivity contribution >= 4 is 41.8 Å². The first-order valence-electron chi connectivity index (χ1n) is 21.2. The predicted molar refractivity (Wildman–Crippen MR) is 195 cm³/mol. The Labute approximate surface area is 337 Å². The van der Waals surface area contributed by atoms with Gasteiger partial charge in [0.15, 0.2) is 12.6 Å². The molecule has 21 atom stereocenters. The van der Waals surface area contributed by atoms with Crippen molar-refractivity contribution in [3.8, 4) is 0 Å². The number of cyclic esters (lactones) is 2. The molecule has 1 heterocycles. The summed E-state index contributed by atoms with van der Waals surface area (Å²) in [6, 6.07) is 0. The first-order chi connectivity index (χ1) is 27.6. The zero-order chi connectivity index (χ0) is 42.1. The molecule has 16 nitrogen and oxygen atoms in total. The summed E-state index contributed by atoms with van der Waals surface area (Å²) in [4.78, 5) is 94.5. The van der Waals surface area contributed by atoms with Gasteiger partial charge in [0, 0.05) is 13.2 Å². The number of carbonyl (C=O) groups excluding carboxylic acids is 5. The van der Waals surface area contributed by atoms with Gasteiger partial charge < -0.3 is 43.7 Å². The predicted octanol–water partition coefficient (Wildman–Crippen LogP) is 3.02. The SMILES string of the molecule is CCOC(C)OC(=O)C1C2CC(C1C(=O)OC(C)OCC)C(C1C3CC(C(=O)OCCO)C(C3)C1C1C3CC(C(C(=O)O)C3C(=O)O)C1C1C(=O)OC(=O)C1C)C2C. The molecule has 322 valence electrons. The monoisotopic (exact) mass is 818 g/mol. The topological polar surface area (TPSA) is 236 Å². The number of carbonyl (C=O) groups is 7. The zero-order valence-corrected chi connectivity index (χ0v) is 33.9. The molecule has 6 bridgehead atoms. The third-order valence-corrected chi connectivity index (χ3v) is 15.9. The smallest absolute Gasteiger partial charge is 0.317 e. The van der Waals surface area contributed by atoms with E-state index in [1.807, 2.05) is 0 Å². The highest BCUT2D eigenvalue weighted by molar-refractivity contribution is 5.96. The maximum atomic E-state index is 14.3. The van der Waals surface area contributed by atoms with E-state index < -0.39 is 125 Å². The van der Waals surface area contributed by atoms with Crippen LogP contribution in [0.15, 0.2) is 0 Å². The Morgan fingerprint density at radius 3 is 1.69 bits per heavy atom. The quantitative estimate of drug-likeness (QED) is 0.0879. The summed E-state index contributed by atoms with van der Waals surface area (Å²) in [5, 5.41) is 30.6. The van der Waals surface area contributed by atoms with E-state index in [4.69, 9.17) is 28.4 Å². The van der Waals surface area contributed by atoms with E-state index >= 15 is 0 Å². The van der Waals surface area contributed by atoms with Gasteiger partial charge in [0.2, 0.25) is 0 Å². The van der Waals surface area contributed by atoms with Gasteiger partial charge in [0.05, 0.1) is 48.0 Å². The van der Waals surface area contributed by atoms with Crippen molar-refractivity contribution in [2.24, 2.45) is 112 Å². The second kappa shape index (κ2) is 16.4. The van der Waals surface area contributed by atoms with Crippen LogP contribution in [0.4, 0.5) is 0 Å². The van der Waals surface area contributed by atoms with E-state index in [1.54, 1.807) is 34.6 Å². The average molecular weight is 819 g/mol. The van der Waals surface area contributed by atoms with Gasteiger partial charge in [-0.25, -0.2) is 0 Å². The summed E-state index contributed by atoms with van der Waals surface area (Å²) in [7, 11) is 0. The summed E-state index contributed by atoms with van der Waals surface area (Å²) >= 11 is 0. The van der Waals surface area contributed by atoms with E-state index in [0.717, 1.165) is 0 Å². The van der Waals surface area contributed by atoms with Crippen LogP contribution in [-0.4, -0.2) is 96.1 Å². The van der Waals surface area contributed by atoms with Crippen molar-refractivity contribution in [2.45, 2.75) is 79.8 Å². The normalized spacial score (nSPS) is 44.3. The first-order valence-corrected chi connectivity index (χ1v) is 21.2. The van der Waals surface area contributed by atoms with Crippen LogP contribution in [0.25, 0.3) is 0 Å². The standard InChI is InChI=1S/C42H58O16/c1-7-53-17(5)56-41(51)34-20-13-23(35(34)42(52)57-18(6)54-8-2)26(15(20)3)28-19-11-21(22(12-19)39(49)55-10-9-43)29(28)31-25-14-24(32(36(44)45)33(25)37(46)47)30(31)27-16(4)38(48)58-40(27)50/h15-35,43H,7-14H2,1-6H3,(H,44,45)(H,46,47). The number of fused-ring (bicyclic) bond motifs is 6. The molecule has 0 amide bonds. The molecule has 6 aliphatic carbocycles. The van der Waals surface area contributed by atoms with Crippen molar-refractivity contribution in [3.63, 3.8) is 0 Å². The van der Waals surface area contributed by atoms with Crippen molar-refractivity contribution in [2.75, 3.05) is 26.4 Å². The average Bonchev–Trinajstić information content (AvgIpc) is 4.02. The molecule has 7 fully saturated rings. The largest absolute Gasteiger partial charge is 0.481 e. The third-order valence-electron chi connectivity index (χ3n) is 15.9. The summed E-state index contributed by atoms with van der Waals surface area (Å²) in [6.45, 7) is 10.5. The van der Waals surface area contributed by atoms with Gasteiger partial charge in [-0.15, -0.1) is 0 Å². The van der Waals surface area contributed by atoms with Gasteiger partial charge in [-0.05, 0) is 124 Å². The Hall–Kier alpha value is -3.63. The highest BCUT2D eigenvalue weighted by Crippen LogP contribution is 2.74. The molecular weight excluding hydrogens is 760 g/mol. The molecule has 7 aliphatic rings. The minimum Gasteiger partial charge on any atom is -0.481 e. The van der Waals surface area contributed by atoms with E-state index in [0.29, 0.717) is 32.5 Å². The molecule has 0 radical (unpaired) electrons. The molecule has 0 aromatic rings.